The van der Waals surface area contributed by atoms with Gasteiger partial charge in [0.25, 0.3) is 5.91 Å². The first-order chi connectivity index (χ1) is 13.6. The average molecular weight is 383 g/mol. The largest absolute Gasteiger partial charge is 0.379 e. The molecule has 1 fully saturated rings. The molecule has 4 rings (SSSR count). The minimum Gasteiger partial charge on any atom is -0.379 e. The fourth-order valence-electron chi connectivity index (χ4n) is 4.07. The van der Waals surface area contributed by atoms with Crippen LogP contribution in [0.5, 0.6) is 0 Å². The second-order valence-electron chi connectivity index (χ2n) is 7.41. The van der Waals surface area contributed by atoms with Gasteiger partial charge in [-0.25, -0.2) is 4.39 Å². The Balaban J connectivity index is 1.54. The van der Waals surface area contributed by atoms with E-state index >= 15 is 0 Å². The van der Waals surface area contributed by atoms with E-state index in [0.717, 1.165) is 26.1 Å². The SMILES string of the molecule is CN1CCc2cc([C@@H](CNC(=O)c3ccccc3F)N3CCOCC3)ccc21. The molecule has 0 spiro atoms. The van der Waals surface area contributed by atoms with Crippen molar-refractivity contribution in [3.05, 3.63) is 65.0 Å². The molecule has 1 saturated heterocycles. The molecule has 2 aromatic carbocycles. The molecular formula is C22H26FN3O2. The van der Waals surface area contributed by atoms with E-state index in [1.54, 1.807) is 12.1 Å². The van der Waals surface area contributed by atoms with Gasteiger partial charge in [-0.3, -0.25) is 9.69 Å². The predicted molar refractivity (Wildman–Crippen MR) is 107 cm³/mol. The molecule has 1 amide bonds. The number of rotatable bonds is 5. The molecule has 0 saturated carbocycles. The molecule has 6 heteroatoms. The number of likely N-dealkylation sites (N-methyl/N-ethyl adjacent to an activating group) is 1. The topological polar surface area (TPSA) is 44.8 Å². The molecule has 0 aromatic heterocycles. The summed E-state index contributed by atoms with van der Waals surface area (Å²) < 4.78 is 19.4. The van der Waals surface area contributed by atoms with E-state index in [1.165, 1.54) is 28.9 Å². The van der Waals surface area contributed by atoms with Crippen LogP contribution in [0.15, 0.2) is 42.5 Å². The first kappa shape index (κ1) is 18.9. The number of fused-ring (bicyclic) bond motifs is 1. The Kier molecular flexibility index (Phi) is 5.59. The number of ether oxygens (including phenoxy) is 1. The van der Waals surface area contributed by atoms with Gasteiger partial charge in [-0.05, 0) is 35.7 Å². The van der Waals surface area contributed by atoms with Crippen LogP contribution < -0.4 is 10.2 Å². The van der Waals surface area contributed by atoms with Crippen LogP contribution in [0.3, 0.4) is 0 Å². The van der Waals surface area contributed by atoms with Gasteiger partial charge in [0, 0.05) is 38.9 Å². The Morgan fingerprint density at radius 1 is 1.18 bits per heavy atom. The number of carbonyl (C=O) groups is 1. The molecule has 0 aliphatic carbocycles. The first-order valence-electron chi connectivity index (χ1n) is 9.82. The van der Waals surface area contributed by atoms with Crippen molar-refractivity contribution >= 4 is 11.6 Å². The van der Waals surface area contributed by atoms with Gasteiger partial charge in [-0.15, -0.1) is 0 Å². The number of nitrogens with one attached hydrogen (secondary N) is 1. The van der Waals surface area contributed by atoms with Crippen LogP contribution >= 0.6 is 0 Å². The van der Waals surface area contributed by atoms with Crippen molar-refractivity contribution in [2.75, 3.05) is 51.3 Å². The highest BCUT2D eigenvalue weighted by molar-refractivity contribution is 5.94. The number of hydrogen-bond donors (Lipinski definition) is 1. The highest BCUT2D eigenvalue weighted by atomic mass is 19.1. The summed E-state index contributed by atoms with van der Waals surface area (Å²) in [7, 11) is 2.11. The van der Waals surface area contributed by atoms with Gasteiger partial charge in [-0.2, -0.15) is 0 Å². The van der Waals surface area contributed by atoms with E-state index < -0.39 is 5.82 Å². The van der Waals surface area contributed by atoms with Gasteiger partial charge in [0.1, 0.15) is 5.82 Å². The number of carbonyl (C=O) groups excluding carboxylic acids is 1. The molecule has 1 atom stereocenters. The van der Waals surface area contributed by atoms with E-state index in [2.05, 4.69) is 40.4 Å². The molecular weight excluding hydrogens is 357 g/mol. The zero-order valence-corrected chi connectivity index (χ0v) is 16.2. The van der Waals surface area contributed by atoms with E-state index in [1.807, 2.05) is 0 Å². The fraction of sp³-hybridized carbons (Fsp3) is 0.409. The summed E-state index contributed by atoms with van der Waals surface area (Å²) in [5, 5.41) is 2.94. The monoisotopic (exact) mass is 383 g/mol. The minimum absolute atomic E-state index is 0.0378. The third-order valence-corrected chi connectivity index (χ3v) is 5.68. The molecule has 5 nitrogen and oxygen atoms in total. The molecule has 2 aliphatic rings. The minimum atomic E-state index is -0.497. The number of anilines is 1. The predicted octanol–water partition coefficient (Wildman–Crippen LogP) is 2.62. The van der Waals surface area contributed by atoms with Crippen LogP contribution in [-0.4, -0.2) is 57.2 Å². The van der Waals surface area contributed by atoms with Crippen molar-refractivity contribution < 1.29 is 13.9 Å². The van der Waals surface area contributed by atoms with E-state index in [-0.39, 0.29) is 17.5 Å². The smallest absolute Gasteiger partial charge is 0.254 e. The van der Waals surface area contributed by atoms with Crippen molar-refractivity contribution in [3.63, 3.8) is 0 Å². The Hall–Kier alpha value is -2.44. The zero-order valence-electron chi connectivity index (χ0n) is 16.2. The van der Waals surface area contributed by atoms with Gasteiger partial charge in [0.05, 0.1) is 24.8 Å². The van der Waals surface area contributed by atoms with Crippen LogP contribution in [0.25, 0.3) is 0 Å². The zero-order chi connectivity index (χ0) is 19.5. The Bertz CT molecular complexity index is 851. The lowest BCUT2D eigenvalue weighted by atomic mass is 10.00. The second kappa shape index (κ2) is 8.29. The van der Waals surface area contributed by atoms with Crippen molar-refractivity contribution in [2.24, 2.45) is 0 Å². The van der Waals surface area contributed by atoms with Crippen LogP contribution in [0, 0.1) is 5.82 Å². The number of halogens is 1. The summed E-state index contributed by atoms with van der Waals surface area (Å²) in [6.45, 7) is 4.47. The molecule has 0 bridgehead atoms. The van der Waals surface area contributed by atoms with Crippen LogP contribution in [-0.2, 0) is 11.2 Å². The van der Waals surface area contributed by atoms with Crippen LogP contribution in [0.1, 0.15) is 27.5 Å². The Morgan fingerprint density at radius 3 is 2.75 bits per heavy atom. The van der Waals surface area contributed by atoms with Gasteiger partial charge in [-0.1, -0.05) is 24.3 Å². The highest BCUT2D eigenvalue weighted by Gasteiger charge is 2.26. The van der Waals surface area contributed by atoms with Crippen molar-refractivity contribution in [3.8, 4) is 0 Å². The molecule has 28 heavy (non-hydrogen) atoms. The van der Waals surface area contributed by atoms with Crippen LogP contribution in [0.4, 0.5) is 10.1 Å². The summed E-state index contributed by atoms with van der Waals surface area (Å²) in [4.78, 5) is 17.1. The Labute approximate surface area is 165 Å². The third-order valence-electron chi connectivity index (χ3n) is 5.68. The lowest BCUT2D eigenvalue weighted by molar-refractivity contribution is 0.0162. The third kappa shape index (κ3) is 3.88. The van der Waals surface area contributed by atoms with E-state index in [0.29, 0.717) is 19.8 Å². The van der Waals surface area contributed by atoms with E-state index in [9.17, 15) is 9.18 Å². The molecule has 2 aliphatic heterocycles. The number of morpholine rings is 1. The molecule has 1 N–H and O–H groups in total. The fourth-order valence-corrected chi connectivity index (χ4v) is 4.07. The standard InChI is InChI=1S/C22H26FN3O2/c1-25-9-8-17-14-16(6-7-20(17)25)21(26-10-12-28-13-11-26)15-24-22(27)18-4-2-3-5-19(18)23/h2-7,14,21H,8-13,15H2,1H3,(H,24,27)/t21-/m1/s1. The summed E-state index contributed by atoms with van der Waals surface area (Å²) in [5.74, 6) is -0.874. The lowest BCUT2D eigenvalue weighted by Gasteiger charge is -2.35. The van der Waals surface area contributed by atoms with Crippen molar-refractivity contribution in [1.29, 1.82) is 0 Å². The summed E-state index contributed by atoms with van der Waals surface area (Å²) >= 11 is 0. The summed E-state index contributed by atoms with van der Waals surface area (Å²) in [6.07, 6.45) is 1.04. The normalized spacial score (nSPS) is 18.0. The molecule has 0 radical (unpaired) electrons. The lowest BCUT2D eigenvalue weighted by Crippen LogP contribution is -2.44. The molecule has 148 valence electrons. The van der Waals surface area contributed by atoms with Gasteiger partial charge >= 0.3 is 0 Å². The van der Waals surface area contributed by atoms with Gasteiger partial charge in [0.2, 0.25) is 0 Å². The summed E-state index contributed by atoms with van der Waals surface area (Å²) in [6, 6.07) is 12.7. The Morgan fingerprint density at radius 2 is 1.96 bits per heavy atom. The molecule has 2 heterocycles. The second-order valence-corrected chi connectivity index (χ2v) is 7.41. The van der Waals surface area contributed by atoms with Crippen LogP contribution in [0.2, 0.25) is 0 Å². The number of hydrogen-bond acceptors (Lipinski definition) is 4. The molecule has 2 aromatic rings. The highest BCUT2D eigenvalue weighted by Crippen LogP contribution is 2.31. The maximum Gasteiger partial charge on any atom is 0.254 e. The summed E-state index contributed by atoms with van der Waals surface area (Å²) in [5.41, 5.74) is 3.89. The average Bonchev–Trinajstić information content (AvgIpc) is 3.09. The van der Waals surface area contributed by atoms with Crippen molar-refractivity contribution in [2.45, 2.75) is 12.5 Å². The number of benzene rings is 2. The number of nitrogens with zero attached hydrogens (tertiary/aromatic N) is 2. The van der Waals surface area contributed by atoms with E-state index in [4.69, 9.17) is 4.74 Å². The first-order valence-corrected chi connectivity index (χ1v) is 9.82. The maximum atomic E-state index is 13.9. The van der Waals surface area contributed by atoms with Crippen molar-refractivity contribution in [1.82, 2.24) is 10.2 Å². The maximum absolute atomic E-state index is 13.9. The number of amides is 1. The van der Waals surface area contributed by atoms with Gasteiger partial charge in [0.15, 0.2) is 0 Å². The molecule has 0 unspecified atom stereocenters. The van der Waals surface area contributed by atoms with Gasteiger partial charge < -0.3 is 15.0 Å². The quantitative estimate of drug-likeness (QED) is 0.862.